The highest BCUT2D eigenvalue weighted by Crippen LogP contribution is 2.16. The average Bonchev–Trinajstić information content (AvgIpc) is 2.76. The Balaban J connectivity index is 1.72. The molecule has 0 aliphatic rings. The number of rotatable bonds is 7. The SMILES string of the molecule is CCOc1ccc(NC(=O)C(=O)N(Cc2ccccc2)Cc2ccccc2)cc1. The van der Waals surface area contributed by atoms with E-state index in [-0.39, 0.29) is 0 Å². The Morgan fingerprint density at radius 2 is 1.31 bits per heavy atom. The number of nitrogens with one attached hydrogen (secondary N) is 1. The summed E-state index contributed by atoms with van der Waals surface area (Å²) in [5, 5.41) is 2.68. The van der Waals surface area contributed by atoms with Gasteiger partial charge in [-0.25, -0.2) is 0 Å². The second kappa shape index (κ2) is 10.1. The summed E-state index contributed by atoms with van der Waals surface area (Å²) in [6.45, 7) is 3.18. The summed E-state index contributed by atoms with van der Waals surface area (Å²) < 4.78 is 5.40. The zero-order chi connectivity index (χ0) is 20.5. The lowest BCUT2D eigenvalue weighted by Crippen LogP contribution is -2.38. The molecule has 1 N–H and O–H groups in total. The van der Waals surface area contributed by atoms with Gasteiger partial charge in [-0.3, -0.25) is 9.59 Å². The summed E-state index contributed by atoms with van der Waals surface area (Å²) in [7, 11) is 0. The molecule has 0 atom stereocenters. The van der Waals surface area contributed by atoms with E-state index in [4.69, 9.17) is 4.74 Å². The van der Waals surface area contributed by atoms with Crippen LogP contribution in [-0.2, 0) is 22.7 Å². The van der Waals surface area contributed by atoms with Crippen LogP contribution in [0.1, 0.15) is 18.1 Å². The van der Waals surface area contributed by atoms with Crippen molar-refractivity contribution in [3.63, 3.8) is 0 Å². The van der Waals surface area contributed by atoms with Crippen LogP contribution in [0.25, 0.3) is 0 Å². The van der Waals surface area contributed by atoms with Crippen LogP contribution < -0.4 is 10.1 Å². The lowest BCUT2D eigenvalue weighted by atomic mass is 10.1. The predicted octanol–water partition coefficient (Wildman–Crippen LogP) is 4.25. The largest absolute Gasteiger partial charge is 0.494 e. The lowest BCUT2D eigenvalue weighted by molar-refractivity contribution is -0.144. The van der Waals surface area contributed by atoms with Crippen LogP contribution in [-0.4, -0.2) is 23.3 Å². The topological polar surface area (TPSA) is 58.6 Å². The molecule has 0 aliphatic carbocycles. The van der Waals surface area contributed by atoms with Crippen molar-refractivity contribution in [2.75, 3.05) is 11.9 Å². The number of hydrogen-bond donors (Lipinski definition) is 1. The van der Waals surface area contributed by atoms with Crippen LogP contribution in [0, 0.1) is 0 Å². The van der Waals surface area contributed by atoms with Gasteiger partial charge in [-0.2, -0.15) is 0 Å². The normalized spacial score (nSPS) is 10.2. The van der Waals surface area contributed by atoms with Gasteiger partial charge in [0.25, 0.3) is 0 Å². The van der Waals surface area contributed by atoms with Crippen LogP contribution >= 0.6 is 0 Å². The fourth-order valence-corrected chi connectivity index (χ4v) is 2.94. The molecule has 0 saturated carbocycles. The molecule has 2 amide bonds. The van der Waals surface area contributed by atoms with E-state index in [1.54, 1.807) is 29.2 Å². The molecule has 0 radical (unpaired) electrons. The summed E-state index contributed by atoms with van der Waals surface area (Å²) in [6, 6.07) is 26.2. The fraction of sp³-hybridized carbons (Fsp3) is 0.167. The zero-order valence-corrected chi connectivity index (χ0v) is 16.4. The Hall–Kier alpha value is -3.60. The third-order valence-corrected chi connectivity index (χ3v) is 4.34. The maximum Gasteiger partial charge on any atom is 0.313 e. The Morgan fingerprint density at radius 1 is 0.793 bits per heavy atom. The third-order valence-electron chi connectivity index (χ3n) is 4.34. The predicted molar refractivity (Wildman–Crippen MR) is 113 cm³/mol. The first-order valence-electron chi connectivity index (χ1n) is 9.56. The minimum absolute atomic E-state index is 0.352. The first kappa shape index (κ1) is 20.1. The van der Waals surface area contributed by atoms with Crippen molar-refractivity contribution < 1.29 is 14.3 Å². The molecule has 0 bridgehead atoms. The minimum atomic E-state index is -0.666. The minimum Gasteiger partial charge on any atom is -0.494 e. The fourth-order valence-electron chi connectivity index (χ4n) is 2.94. The quantitative estimate of drug-likeness (QED) is 0.616. The third kappa shape index (κ3) is 5.94. The van der Waals surface area contributed by atoms with Gasteiger partial charge in [0.1, 0.15) is 5.75 Å². The molecule has 0 heterocycles. The van der Waals surface area contributed by atoms with Crippen molar-refractivity contribution >= 4 is 17.5 Å². The standard InChI is InChI=1S/C24H24N2O3/c1-2-29-22-15-13-21(14-16-22)25-23(27)24(28)26(17-19-9-5-3-6-10-19)18-20-11-7-4-8-12-20/h3-16H,2,17-18H2,1H3,(H,25,27). The van der Waals surface area contributed by atoms with E-state index in [9.17, 15) is 9.59 Å². The molecular formula is C24H24N2O3. The van der Waals surface area contributed by atoms with E-state index < -0.39 is 11.8 Å². The monoisotopic (exact) mass is 388 g/mol. The smallest absolute Gasteiger partial charge is 0.313 e. The summed E-state index contributed by atoms with van der Waals surface area (Å²) in [6.07, 6.45) is 0. The molecule has 3 aromatic carbocycles. The Kier molecular flexibility index (Phi) is 7.00. The van der Waals surface area contributed by atoms with E-state index >= 15 is 0 Å². The van der Waals surface area contributed by atoms with Crippen molar-refractivity contribution in [2.24, 2.45) is 0 Å². The Bertz CT molecular complexity index is 884. The van der Waals surface area contributed by atoms with E-state index in [0.29, 0.717) is 31.1 Å². The highest BCUT2D eigenvalue weighted by molar-refractivity contribution is 6.39. The highest BCUT2D eigenvalue weighted by atomic mass is 16.5. The first-order chi connectivity index (χ1) is 14.2. The van der Waals surface area contributed by atoms with Gasteiger partial charge in [0.05, 0.1) is 6.61 Å². The van der Waals surface area contributed by atoms with Crippen molar-refractivity contribution in [2.45, 2.75) is 20.0 Å². The van der Waals surface area contributed by atoms with E-state index in [2.05, 4.69) is 5.32 Å². The van der Waals surface area contributed by atoms with Crippen LogP contribution in [0.2, 0.25) is 0 Å². The molecule has 0 fully saturated rings. The summed E-state index contributed by atoms with van der Waals surface area (Å²) in [5.41, 5.74) is 2.47. The van der Waals surface area contributed by atoms with E-state index in [1.165, 1.54) is 0 Å². The molecular weight excluding hydrogens is 364 g/mol. The van der Waals surface area contributed by atoms with Crippen LogP contribution in [0.5, 0.6) is 5.75 Å². The van der Waals surface area contributed by atoms with Gasteiger partial charge in [-0.15, -0.1) is 0 Å². The number of benzene rings is 3. The molecule has 0 spiro atoms. The zero-order valence-electron chi connectivity index (χ0n) is 16.4. The van der Waals surface area contributed by atoms with E-state index in [0.717, 1.165) is 11.1 Å². The van der Waals surface area contributed by atoms with E-state index in [1.807, 2.05) is 67.6 Å². The number of nitrogens with zero attached hydrogens (tertiary/aromatic N) is 1. The van der Waals surface area contributed by atoms with Gasteiger partial charge in [-0.05, 0) is 42.3 Å². The summed E-state index contributed by atoms with van der Waals surface area (Å²) in [5.74, 6) is -0.528. The molecule has 0 aliphatic heterocycles. The average molecular weight is 388 g/mol. The van der Waals surface area contributed by atoms with Gasteiger partial charge in [-0.1, -0.05) is 60.7 Å². The van der Waals surface area contributed by atoms with Gasteiger partial charge in [0.15, 0.2) is 0 Å². The lowest BCUT2D eigenvalue weighted by Gasteiger charge is -2.22. The molecule has 3 aromatic rings. The van der Waals surface area contributed by atoms with Gasteiger partial charge >= 0.3 is 11.8 Å². The highest BCUT2D eigenvalue weighted by Gasteiger charge is 2.22. The maximum absolute atomic E-state index is 12.9. The number of anilines is 1. The number of amides is 2. The van der Waals surface area contributed by atoms with Crippen molar-refractivity contribution in [1.29, 1.82) is 0 Å². The molecule has 3 rings (SSSR count). The molecule has 0 unspecified atom stereocenters. The van der Waals surface area contributed by atoms with Crippen LogP contribution in [0.15, 0.2) is 84.9 Å². The number of ether oxygens (including phenoxy) is 1. The second-order valence-corrected chi connectivity index (χ2v) is 6.54. The number of carbonyl (C=O) groups excluding carboxylic acids is 2. The molecule has 5 heteroatoms. The molecule has 0 aromatic heterocycles. The van der Waals surface area contributed by atoms with Gasteiger partial charge < -0.3 is 15.0 Å². The Morgan fingerprint density at radius 3 is 1.79 bits per heavy atom. The summed E-state index contributed by atoms with van der Waals surface area (Å²) >= 11 is 0. The van der Waals surface area contributed by atoms with Gasteiger partial charge in [0, 0.05) is 18.8 Å². The maximum atomic E-state index is 12.9. The first-order valence-corrected chi connectivity index (χ1v) is 9.56. The second-order valence-electron chi connectivity index (χ2n) is 6.54. The number of hydrogen-bond acceptors (Lipinski definition) is 3. The van der Waals surface area contributed by atoms with Crippen molar-refractivity contribution in [3.05, 3.63) is 96.1 Å². The van der Waals surface area contributed by atoms with Crippen molar-refractivity contribution in [1.82, 2.24) is 4.90 Å². The molecule has 148 valence electrons. The van der Waals surface area contributed by atoms with Gasteiger partial charge in [0.2, 0.25) is 0 Å². The summed E-state index contributed by atoms with van der Waals surface area (Å²) in [4.78, 5) is 27.1. The van der Waals surface area contributed by atoms with Crippen LogP contribution in [0.4, 0.5) is 5.69 Å². The molecule has 0 saturated heterocycles. The van der Waals surface area contributed by atoms with Crippen LogP contribution in [0.3, 0.4) is 0 Å². The van der Waals surface area contributed by atoms with Crippen molar-refractivity contribution in [3.8, 4) is 5.75 Å². The Labute approximate surface area is 170 Å². The molecule has 29 heavy (non-hydrogen) atoms. The number of carbonyl (C=O) groups is 2. The molecule has 5 nitrogen and oxygen atoms in total.